The molecule has 0 aliphatic carbocycles. The second-order valence-electron chi connectivity index (χ2n) is 5.28. The van der Waals surface area contributed by atoms with E-state index < -0.39 is 0 Å². The van der Waals surface area contributed by atoms with Gasteiger partial charge in [-0.05, 0) is 49.5 Å². The molecule has 0 aliphatic heterocycles. The minimum Gasteiger partial charge on any atom is -0.367 e. The number of nitrogens with one attached hydrogen (secondary N) is 1. The Labute approximate surface area is 140 Å². The van der Waals surface area contributed by atoms with E-state index in [1.165, 1.54) is 16.1 Å². The van der Waals surface area contributed by atoms with Crippen molar-refractivity contribution in [1.82, 2.24) is 5.32 Å². The van der Waals surface area contributed by atoms with Gasteiger partial charge in [0.15, 0.2) is 0 Å². The standard InChI is InChI=1S/C17H23BrN2S/c1-5-19-12(2)15-9-8-14(18)11-16(15)20(4)13(3)17-7-6-10-21-17/h6-13,19H,5H2,1-4H3. The first kappa shape index (κ1) is 16.5. The van der Waals surface area contributed by atoms with Crippen molar-refractivity contribution in [3.05, 3.63) is 50.6 Å². The summed E-state index contributed by atoms with van der Waals surface area (Å²) in [4.78, 5) is 3.75. The molecule has 1 heterocycles. The van der Waals surface area contributed by atoms with Gasteiger partial charge in [0.1, 0.15) is 0 Å². The first-order chi connectivity index (χ1) is 10.0. The monoisotopic (exact) mass is 366 g/mol. The summed E-state index contributed by atoms with van der Waals surface area (Å²) in [5, 5.41) is 5.65. The highest BCUT2D eigenvalue weighted by molar-refractivity contribution is 9.10. The van der Waals surface area contributed by atoms with E-state index in [1.807, 2.05) is 11.3 Å². The second-order valence-corrected chi connectivity index (χ2v) is 7.18. The molecule has 2 unspecified atom stereocenters. The van der Waals surface area contributed by atoms with Gasteiger partial charge in [-0.25, -0.2) is 0 Å². The van der Waals surface area contributed by atoms with Gasteiger partial charge in [-0.1, -0.05) is 35.0 Å². The van der Waals surface area contributed by atoms with Crippen LogP contribution < -0.4 is 10.2 Å². The molecule has 0 aliphatic rings. The highest BCUT2D eigenvalue weighted by atomic mass is 79.9. The van der Waals surface area contributed by atoms with E-state index in [1.54, 1.807) is 0 Å². The number of rotatable bonds is 6. The largest absolute Gasteiger partial charge is 0.367 e. The SMILES string of the molecule is CCNC(C)c1ccc(Br)cc1N(C)C(C)c1cccs1. The highest BCUT2D eigenvalue weighted by Crippen LogP contribution is 2.34. The molecule has 0 fully saturated rings. The maximum Gasteiger partial charge on any atom is 0.0603 e. The minimum atomic E-state index is 0.344. The summed E-state index contributed by atoms with van der Waals surface area (Å²) in [6.07, 6.45) is 0. The smallest absolute Gasteiger partial charge is 0.0603 e. The Morgan fingerprint density at radius 1 is 1.29 bits per heavy atom. The summed E-state index contributed by atoms with van der Waals surface area (Å²) in [6.45, 7) is 7.60. The third kappa shape index (κ3) is 3.87. The van der Waals surface area contributed by atoms with Gasteiger partial charge in [-0.2, -0.15) is 0 Å². The molecule has 1 aromatic heterocycles. The van der Waals surface area contributed by atoms with Crippen LogP contribution in [0.5, 0.6) is 0 Å². The summed E-state index contributed by atoms with van der Waals surface area (Å²) in [5.74, 6) is 0. The van der Waals surface area contributed by atoms with Crippen molar-refractivity contribution >= 4 is 33.0 Å². The van der Waals surface area contributed by atoms with Crippen molar-refractivity contribution in [3.8, 4) is 0 Å². The lowest BCUT2D eigenvalue weighted by Gasteiger charge is -2.30. The van der Waals surface area contributed by atoms with Crippen molar-refractivity contribution in [3.63, 3.8) is 0 Å². The van der Waals surface area contributed by atoms with Gasteiger partial charge in [0.25, 0.3) is 0 Å². The van der Waals surface area contributed by atoms with Gasteiger partial charge in [-0.3, -0.25) is 0 Å². The van der Waals surface area contributed by atoms with Gasteiger partial charge in [0, 0.05) is 28.1 Å². The fourth-order valence-electron chi connectivity index (χ4n) is 2.53. The van der Waals surface area contributed by atoms with E-state index in [0.717, 1.165) is 11.0 Å². The highest BCUT2D eigenvalue weighted by Gasteiger charge is 2.18. The number of nitrogens with zero attached hydrogens (tertiary/aromatic N) is 1. The molecule has 2 aromatic rings. The Bertz CT molecular complexity index is 568. The maximum absolute atomic E-state index is 3.61. The van der Waals surface area contributed by atoms with Crippen molar-refractivity contribution in [2.45, 2.75) is 32.9 Å². The Morgan fingerprint density at radius 3 is 2.67 bits per heavy atom. The van der Waals surface area contributed by atoms with Gasteiger partial charge in [-0.15, -0.1) is 11.3 Å². The molecule has 0 bridgehead atoms. The van der Waals surface area contributed by atoms with Crippen molar-refractivity contribution in [2.75, 3.05) is 18.5 Å². The van der Waals surface area contributed by atoms with Crippen LogP contribution in [-0.2, 0) is 0 Å². The molecule has 1 N–H and O–H groups in total. The molecule has 2 atom stereocenters. The normalized spacial score (nSPS) is 14.0. The van der Waals surface area contributed by atoms with E-state index in [2.05, 4.69) is 89.7 Å². The van der Waals surface area contributed by atoms with Gasteiger partial charge >= 0.3 is 0 Å². The average molecular weight is 367 g/mol. The van der Waals surface area contributed by atoms with Crippen LogP contribution >= 0.6 is 27.3 Å². The lowest BCUT2D eigenvalue weighted by molar-refractivity contribution is 0.594. The number of halogens is 1. The molecule has 2 rings (SSSR count). The lowest BCUT2D eigenvalue weighted by Crippen LogP contribution is -2.25. The predicted octanol–water partition coefficient (Wildman–Crippen LogP) is 5.38. The molecule has 0 spiro atoms. The Morgan fingerprint density at radius 2 is 2.05 bits per heavy atom. The minimum absolute atomic E-state index is 0.344. The number of hydrogen-bond donors (Lipinski definition) is 1. The van der Waals surface area contributed by atoms with Gasteiger partial charge < -0.3 is 10.2 Å². The third-order valence-corrected chi connectivity index (χ3v) is 5.42. The molecular formula is C17H23BrN2S. The van der Waals surface area contributed by atoms with Crippen molar-refractivity contribution in [1.29, 1.82) is 0 Å². The molecular weight excluding hydrogens is 344 g/mol. The van der Waals surface area contributed by atoms with E-state index in [4.69, 9.17) is 0 Å². The molecule has 4 heteroatoms. The zero-order chi connectivity index (χ0) is 15.4. The molecule has 21 heavy (non-hydrogen) atoms. The van der Waals surface area contributed by atoms with Crippen LogP contribution in [0.3, 0.4) is 0 Å². The number of benzene rings is 1. The van der Waals surface area contributed by atoms with Crippen LogP contribution in [0.25, 0.3) is 0 Å². The van der Waals surface area contributed by atoms with Crippen LogP contribution in [0, 0.1) is 0 Å². The first-order valence-corrected chi connectivity index (χ1v) is 9.01. The molecule has 2 nitrogen and oxygen atoms in total. The predicted molar refractivity (Wildman–Crippen MR) is 97.4 cm³/mol. The van der Waals surface area contributed by atoms with E-state index in [9.17, 15) is 0 Å². The Kier molecular flexibility index (Phi) is 5.85. The second kappa shape index (κ2) is 7.43. The average Bonchev–Trinajstić information content (AvgIpc) is 3.00. The molecule has 114 valence electrons. The van der Waals surface area contributed by atoms with E-state index in [-0.39, 0.29) is 0 Å². The zero-order valence-electron chi connectivity index (χ0n) is 13.1. The number of anilines is 1. The molecule has 0 saturated carbocycles. The summed E-state index contributed by atoms with van der Waals surface area (Å²) in [6, 6.07) is 11.6. The van der Waals surface area contributed by atoms with Crippen LogP contribution in [0.4, 0.5) is 5.69 Å². The van der Waals surface area contributed by atoms with Crippen LogP contribution in [0.1, 0.15) is 43.3 Å². The van der Waals surface area contributed by atoms with Gasteiger partial charge in [0.2, 0.25) is 0 Å². The number of thiophene rings is 1. The fourth-order valence-corrected chi connectivity index (χ4v) is 3.71. The summed E-state index contributed by atoms with van der Waals surface area (Å²) >= 11 is 5.42. The molecule has 0 amide bonds. The van der Waals surface area contributed by atoms with Gasteiger partial charge in [0.05, 0.1) is 6.04 Å². The fraction of sp³-hybridized carbons (Fsp3) is 0.412. The number of hydrogen-bond acceptors (Lipinski definition) is 3. The third-order valence-electron chi connectivity index (χ3n) is 3.89. The van der Waals surface area contributed by atoms with Crippen molar-refractivity contribution < 1.29 is 0 Å². The maximum atomic E-state index is 3.61. The topological polar surface area (TPSA) is 15.3 Å². The molecule has 0 radical (unpaired) electrons. The lowest BCUT2D eigenvalue weighted by atomic mass is 10.0. The summed E-state index contributed by atoms with van der Waals surface area (Å²) < 4.78 is 1.12. The Balaban J connectivity index is 2.34. The quantitative estimate of drug-likeness (QED) is 0.738. The first-order valence-electron chi connectivity index (χ1n) is 7.33. The van der Waals surface area contributed by atoms with Crippen LogP contribution in [0.2, 0.25) is 0 Å². The Hall–Kier alpha value is -0.840. The molecule has 1 aromatic carbocycles. The van der Waals surface area contributed by atoms with E-state index in [0.29, 0.717) is 12.1 Å². The summed E-state index contributed by atoms with van der Waals surface area (Å²) in [5.41, 5.74) is 2.62. The van der Waals surface area contributed by atoms with Crippen LogP contribution in [0.15, 0.2) is 40.2 Å². The zero-order valence-corrected chi connectivity index (χ0v) is 15.5. The van der Waals surface area contributed by atoms with Crippen LogP contribution in [-0.4, -0.2) is 13.6 Å². The summed E-state index contributed by atoms with van der Waals surface area (Å²) in [7, 11) is 2.17. The van der Waals surface area contributed by atoms with E-state index >= 15 is 0 Å². The molecule has 0 saturated heterocycles. The van der Waals surface area contributed by atoms with Crippen molar-refractivity contribution in [2.24, 2.45) is 0 Å².